The average Bonchev–Trinajstić information content (AvgIpc) is 2.37. The smallest absolute Gasteiger partial charge is 0.0721 e. The largest absolute Gasteiger partial charge is 0.374 e. The van der Waals surface area contributed by atoms with Crippen LogP contribution in [0.1, 0.15) is 31.2 Å². The zero-order valence-electron chi connectivity index (χ0n) is 10.3. The molecule has 0 atom stereocenters. The number of hydrogen-bond acceptors (Lipinski definition) is 2. The second-order valence-corrected chi connectivity index (χ2v) is 5.14. The number of hydrogen-bond donors (Lipinski definition) is 1. The first-order valence-corrected chi connectivity index (χ1v) is 6.69. The summed E-state index contributed by atoms with van der Waals surface area (Å²) in [5, 5.41) is 4.12. The van der Waals surface area contributed by atoms with Gasteiger partial charge < -0.3 is 10.1 Å². The Morgan fingerprint density at radius 1 is 1.29 bits per heavy atom. The van der Waals surface area contributed by atoms with E-state index in [9.17, 15) is 0 Å². The Labute approximate surface area is 108 Å². The molecule has 1 aromatic rings. The van der Waals surface area contributed by atoms with Crippen molar-refractivity contribution >= 4 is 11.6 Å². The molecule has 2 rings (SSSR count). The lowest BCUT2D eigenvalue weighted by Gasteiger charge is -2.28. The second kappa shape index (κ2) is 6.39. The molecule has 0 radical (unpaired) electrons. The first-order valence-electron chi connectivity index (χ1n) is 6.31. The molecule has 1 aliphatic carbocycles. The van der Waals surface area contributed by atoms with Gasteiger partial charge in [0, 0.05) is 11.1 Å². The maximum absolute atomic E-state index is 5.94. The lowest BCUT2D eigenvalue weighted by molar-refractivity contribution is 0.0118. The standard InChI is InChI=1S/C14H20ClNO/c1-16-13-5-7-14(8-6-13)17-10-11-3-2-4-12(15)9-11/h2-4,9,13-14,16H,5-8,10H2,1H3. The highest BCUT2D eigenvalue weighted by Crippen LogP contribution is 2.22. The molecule has 0 saturated heterocycles. The maximum Gasteiger partial charge on any atom is 0.0721 e. The zero-order chi connectivity index (χ0) is 12.1. The van der Waals surface area contributed by atoms with Crippen LogP contribution in [-0.4, -0.2) is 19.2 Å². The molecule has 3 heteroatoms. The molecule has 0 heterocycles. The van der Waals surface area contributed by atoms with Gasteiger partial charge in [-0.2, -0.15) is 0 Å². The Morgan fingerprint density at radius 2 is 2.06 bits per heavy atom. The first-order chi connectivity index (χ1) is 8.28. The van der Waals surface area contributed by atoms with E-state index in [2.05, 4.69) is 11.4 Å². The SMILES string of the molecule is CNC1CCC(OCc2cccc(Cl)c2)CC1. The van der Waals surface area contributed by atoms with Crippen molar-refractivity contribution in [1.29, 1.82) is 0 Å². The van der Waals surface area contributed by atoms with Gasteiger partial charge in [-0.3, -0.25) is 0 Å². The monoisotopic (exact) mass is 253 g/mol. The van der Waals surface area contributed by atoms with Crippen LogP contribution in [0.3, 0.4) is 0 Å². The minimum absolute atomic E-state index is 0.415. The molecule has 0 aromatic heterocycles. The molecule has 1 fully saturated rings. The first kappa shape index (κ1) is 12.9. The van der Waals surface area contributed by atoms with E-state index in [-0.39, 0.29) is 0 Å². The summed E-state index contributed by atoms with van der Waals surface area (Å²) in [6.45, 7) is 0.676. The number of ether oxygens (including phenoxy) is 1. The van der Waals surface area contributed by atoms with Crippen molar-refractivity contribution in [3.8, 4) is 0 Å². The highest BCUT2D eigenvalue weighted by atomic mass is 35.5. The molecule has 0 bridgehead atoms. The van der Waals surface area contributed by atoms with Gasteiger partial charge in [-0.25, -0.2) is 0 Å². The van der Waals surface area contributed by atoms with Crippen LogP contribution < -0.4 is 5.32 Å². The molecule has 0 spiro atoms. The molecule has 1 aliphatic rings. The van der Waals surface area contributed by atoms with E-state index in [1.165, 1.54) is 12.8 Å². The number of benzene rings is 1. The third-order valence-electron chi connectivity index (χ3n) is 3.46. The molecule has 1 saturated carbocycles. The molecule has 2 nitrogen and oxygen atoms in total. The van der Waals surface area contributed by atoms with Gasteiger partial charge in [-0.05, 0) is 50.4 Å². The minimum atomic E-state index is 0.415. The third-order valence-corrected chi connectivity index (χ3v) is 3.69. The van der Waals surface area contributed by atoms with E-state index in [4.69, 9.17) is 16.3 Å². The van der Waals surface area contributed by atoms with Gasteiger partial charge in [0.15, 0.2) is 0 Å². The average molecular weight is 254 g/mol. The number of halogens is 1. The summed E-state index contributed by atoms with van der Waals surface area (Å²) < 4.78 is 5.93. The lowest BCUT2D eigenvalue weighted by Crippen LogP contribution is -2.32. The van der Waals surface area contributed by atoms with Crippen LogP contribution in [0.5, 0.6) is 0 Å². The summed E-state index contributed by atoms with van der Waals surface area (Å²) in [4.78, 5) is 0. The third kappa shape index (κ3) is 3.98. The predicted octanol–water partition coefficient (Wildman–Crippen LogP) is 3.39. The predicted molar refractivity (Wildman–Crippen MR) is 71.3 cm³/mol. The van der Waals surface area contributed by atoms with E-state index in [0.29, 0.717) is 18.8 Å². The highest BCUT2D eigenvalue weighted by molar-refractivity contribution is 6.30. The summed E-state index contributed by atoms with van der Waals surface area (Å²) >= 11 is 5.94. The van der Waals surface area contributed by atoms with Crippen molar-refractivity contribution in [2.24, 2.45) is 0 Å². The van der Waals surface area contributed by atoms with Crippen molar-refractivity contribution in [2.75, 3.05) is 7.05 Å². The zero-order valence-corrected chi connectivity index (χ0v) is 11.0. The van der Waals surface area contributed by atoms with Crippen LogP contribution in [0.25, 0.3) is 0 Å². The van der Waals surface area contributed by atoms with E-state index < -0.39 is 0 Å². The fraction of sp³-hybridized carbons (Fsp3) is 0.571. The molecule has 1 N–H and O–H groups in total. The van der Waals surface area contributed by atoms with Crippen molar-refractivity contribution in [1.82, 2.24) is 5.32 Å². The second-order valence-electron chi connectivity index (χ2n) is 4.70. The molecule has 0 amide bonds. The van der Waals surface area contributed by atoms with Crippen LogP contribution in [0.15, 0.2) is 24.3 Å². The Balaban J connectivity index is 1.76. The minimum Gasteiger partial charge on any atom is -0.374 e. The summed E-state index contributed by atoms with van der Waals surface area (Å²) in [6, 6.07) is 8.58. The Hall–Kier alpha value is -0.570. The van der Waals surface area contributed by atoms with Gasteiger partial charge in [0.25, 0.3) is 0 Å². The van der Waals surface area contributed by atoms with Gasteiger partial charge >= 0.3 is 0 Å². The normalized spacial score (nSPS) is 24.8. The fourth-order valence-electron chi connectivity index (χ4n) is 2.36. The van der Waals surface area contributed by atoms with Crippen molar-refractivity contribution in [2.45, 2.75) is 44.4 Å². The topological polar surface area (TPSA) is 21.3 Å². The fourth-order valence-corrected chi connectivity index (χ4v) is 2.57. The lowest BCUT2D eigenvalue weighted by atomic mass is 9.93. The summed E-state index contributed by atoms with van der Waals surface area (Å²) in [6.07, 6.45) is 5.17. The van der Waals surface area contributed by atoms with Gasteiger partial charge in [-0.15, -0.1) is 0 Å². The number of rotatable bonds is 4. The molecule has 17 heavy (non-hydrogen) atoms. The van der Waals surface area contributed by atoms with Crippen LogP contribution in [0.2, 0.25) is 5.02 Å². The van der Waals surface area contributed by atoms with E-state index >= 15 is 0 Å². The van der Waals surface area contributed by atoms with Gasteiger partial charge in [0.2, 0.25) is 0 Å². The van der Waals surface area contributed by atoms with Crippen molar-refractivity contribution in [3.05, 3.63) is 34.9 Å². The molecule has 1 aromatic carbocycles. The van der Waals surface area contributed by atoms with Gasteiger partial charge in [-0.1, -0.05) is 23.7 Å². The Bertz CT molecular complexity index is 348. The molecular formula is C14H20ClNO. The molecule has 0 aliphatic heterocycles. The van der Waals surface area contributed by atoms with Crippen LogP contribution >= 0.6 is 11.6 Å². The highest BCUT2D eigenvalue weighted by Gasteiger charge is 2.20. The van der Waals surface area contributed by atoms with Gasteiger partial charge in [0.05, 0.1) is 12.7 Å². The maximum atomic E-state index is 5.94. The Kier molecular flexibility index (Phi) is 4.84. The summed E-state index contributed by atoms with van der Waals surface area (Å²) in [5.74, 6) is 0. The quantitative estimate of drug-likeness (QED) is 0.888. The van der Waals surface area contributed by atoms with E-state index in [1.807, 2.05) is 25.2 Å². The Morgan fingerprint density at radius 3 is 2.71 bits per heavy atom. The van der Waals surface area contributed by atoms with Crippen molar-refractivity contribution < 1.29 is 4.74 Å². The van der Waals surface area contributed by atoms with E-state index in [1.54, 1.807) is 0 Å². The summed E-state index contributed by atoms with van der Waals surface area (Å²) in [5.41, 5.74) is 1.16. The van der Waals surface area contributed by atoms with E-state index in [0.717, 1.165) is 23.4 Å². The van der Waals surface area contributed by atoms with Crippen molar-refractivity contribution in [3.63, 3.8) is 0 Å². The summed E-state index contributed by atoms with van der Waals surface area (Å²) in [7, 11) is 2.04. The van der Waals surface area contributed by atoms with Crippen LogP contribution in [-0.2, 0) is 11.3 Å². The number of nitrogens with one attached hydrogen (secondary N) is 1. The molecular weight excluding hydrogens is 234 g/mol. The molecule has 94 valence electrons. The van der Waals surface area contributed by atoms with Gasteiger partial charge in [0.1, 0.15) is 0 Å². The van der Waals surface area contributed by atoms with Crippen LogP contribution in [0.4, 0.5) is 0 Å². The molecule has 0 unspecified atom stereocenters. The van der Waals surface area contributed by atoms with Crippen LogP contribution in [0, 0.1) is 0 Å².